The van der Waals surface area contributed by atoms with Crippen LogP contribution in [-0.4, -0.2) is 49.3 Å². The summed E-state index contributed by atoms with van der Waals surface area (Å²) in [5, 5.41) is 8.87. The Balaban J connectivity index is 2.02. The molecule has 1 aliphatic heterocycles. The minimum absolute atomic E-state index is 0.224. The zero-order valence-electron chi connectivity index (χ0n) is 12.5. The summed E-state index contributed by atoms with van der Waals surface area (Å²) in [5.41, 5.74) is 2.04. The fourth-order valence-corrected chi connectivity index (χ4v) is 2.97. The monoisotopic (exact) mass is 295 g/mol. The van der Waals surface area contributed by atoms with Crippen LogP contribution in [0.5, 0.6) is 0 Å². The number of carbonyl (C=O) groups excluding carboxylic acids is 1. The van der Waals surface area contributed by atoms with Crippen LogP contribution < -0.4 is 0 Å². The third kappa shape index (κ3) is 4.02. The number of ether oxygens (including phenoxy) is 1. The molecular formula is C16H22FNO3. The molecule has 5 heteroatoms. The largest absolute Gasteiger partial charge is 0.387 e. The number of carbonyl (C=O) groups is 1. The first-order chi connectivity index (χ1) is 10.0. The van der Waals surface area contributed by atoms with Gasteiger partial charge in [-0.05, 0) is 36.6 Å². The molecule has 21 heavy (non-hydrogen) atoms. The lowest BCUT2D eigenvalue weighted by Gasteiger charge is -2.32. The van der Waals surface area contributed by atoms with Crippen molar-refractivity contribution in [3.05, 3.63) is 35.1 Å². The van der Waals surface area contributed by atoms with Crippen LogP contribution in [0.2, 0.25) is 0 Å². The third-order valence-corrected chi connectivity index (χ3v) is 4.06. The Bertz CT molecular complexity index is 506. The Morgan fingerprint density at radius 2 is 2.24 bits per heavy atom. The lowest BCUT2D eigenvalue weighted by atomic mass is 9.85. The molecule has 0 aromatic heterocycles. The van der Waals surface area contributed by atoms with Crippen LogP contribution in [0.3, 0.4) is 0 Å². The number of aliphatic hydroxyl groups is 1. The van der Waals surface area contributed by atoms with Gasteiger partial charge in [0.15, 0.2) is 0 Å². The Morgan fingerprint density at radius 3 is 2.90 bits per heavy atom. The highest BCUT2D eigenvalue weighted by molar-refractivity contribution is 5.76. The van der Waals surface area contributed by atoms with Crippen molar-refractivity contribution in [3.63, 3.8) is 0 Å². The molecule has 1 fully saturated rings. The summed E-state index contributed by atoms with van der Waals surface area (Å²) in [6.45, 7) is 3.24. The molecule has 2 unspecified atom stereocenters. The van der Waals surface area contributed by atoms with Gasteiger partial charge >= 0.3 is 0 Å². The van der Waals surface area contributed by atoms with Crippen LogP contribution in [0.4, 0.5) is 4.39 Å². The van der Waals surface area contributed by atoms with E-state index in [-0.39, 0.29) is 23.6 Å². The SMILES string of the molecule is Cc1cc(F)ccc1C1COCC(CN(C)C(=O)CO)C1. The predicted molar refractivity (Wildman–Crippen MR) is 77.5 cm³/mol. The molecule has 0 aliphatic carbocycles. The van der Waals surface area contributed by atoms with E-state index in [9.17, 15) is 9.18 Å². The van der Waals surface area contributed by atoms with Crippen molar-refractivity contribution < 1.29 is 19.0 Å². The molecule has 1 aromatic carbocycles. The molecule has 0 spiro atoms. The van der Waals surface area contributed by atoms with Gasteiger partial charge in [0.25, 0.3) is 0 Å². The molecule has 1 heterocycles. The van der Waals surface area contributed by atoms with Crippen molar-refractivity contribution in [2.24, 2.45) is 5.92 Å². The second-order valence-electron chi connectivity index (χ2n) is 5.77. The number of halogens is 1. The number of rotatable bonds is 4. The first-order valence-electron chi connectivity index (χ1n) is 7.20. The average Bonchev–Trinajstić information content (AvgIpc) is 2.46. The van der Waals surface area contributed by atoms with Gasteiger partial charge in [-0.15, -0.1) is 0 Å². The number of benzene rings is 1. The Labute approximate surface area is 124 Å². The summed E-state index contributed by atoms with van der Waals surface area (Å²) in [6, 6.07) is 4.84. The fourth-order valence-electron chi connectivity index (χ4n) is 2.97. The van der Waals surface area contributed by atoms with E-state index < -0.39 is 6.61 Å². The number of likely N-dealkylation sites (N-methyl/N-ethyl adjacent to an activating group) is 1. The van der Waals surface area contributed by atoms with Crippen molar-refractivity contribution >= 4 is 5.91 Å². The summed E-state index contributed by atoms with van der Waals surface area (Å²) >= 11 is 0. The number of hydrogen-bond acceptors (Lipinski definition) is 3. The molecule has 1 N–H and O–H groups in total. The molecule has 0 saturated carbocycles. The van der Waals surface area contributed by atoms with Gasteiger partial charge in [0.2, 0.25) is 5.91 Å². The molecule has 2 atom stereocenters. The van der Waals surface area contributed by atoms with Crippen LogP contribution in [-0.2, 0) is 9.53 Å². The first-order valence-corrected chi connectivity index (χ1v) is 7.20. The lowest BCUT2D eigenvalue weighted by Crippen LogP contribution is -2.38. The van der Waals surface area contributed by atoms with Crippen molar-refractivity contribution in [2.45, 2.75) is 19.3 Å². The minimum atomic E-state index is -0.468. The zero-order chi connectivity index (χ0) is 15.4. The molecule has 1 aliphatic rings. The van der Waals surface area contributed by atoms with E-state index in [1.807, 2.05) is 13.0 Å². The van der Waals surface area contributed by atoms with E-state index in [0.29, 0.717) is 19.8 Å². The van der Waals surface area contributed by atoms with E-state index in [2.05, 4.69) is 0 Å². The van der Waals surface area contributed by atoms with Crippen LogP contribution >= 0.6 is 0 Å². The van der Waals surface area contributed by atoms with Crippen molar-refractivity contribution in [2.75, 3.05) is 33.4 Å². The maximum Gasteiger partial charge on any atom is 0.248 e. The maximum absolute atomic E-state index is 13.2. The highest BCUT2D eigenvalue weighted by Gasteiger charge is 2.26. The number of amides is 1. The van der Waals surface area contributed by atoms with E-state index in [1.165, 1.54) is 11.0 Å². The Hall–Kier alpha value is -1.46. The molecule has 116 valence electrons. The van der Waals surface area contributed by atoms with Crippen molar-refractivity contribution in [3.8, 4) is 0 Å². The molecule has 1 aromatic rings. The summed E-state index contributed by atoms with van der Waals surface area (Å²) in [4.78, 5) is 13.0. The standard InChI is InChI=1S/C16H22FNO3/c1-11-5-14(17)3-4-15(11)13-6-12(9-21-10-13)7-18(2)16(20)8-19/h3-5,12-13,19H,6-10H2,1-2H3. The van der Waals surface area contributed by atoms with Gasteiger partial charge < -0.3 is 14.7 Å². The highest BCUT2D eigenvalue weighted by Crippen LogP contribution is 2.31. The summed E-state index contributed by atoms with van der Waals surface area (Å²) in [6.07, 6.45) is 0.898. The predicted octanol–water partition coefficient (Wildman–Crippen LogP) is 1.70. The van der Waals surface area contributed by atoms with Gasteiger partial charge in [-0.2, -0.15) is 0 Å². The number of aliphatic hydroxyl groups excluding tert-OH is 1. The van der Waals surface area contributed by atoms with Crippen LogP contribution in [0.15, 0.2) is 18.2 Å². The molecule has 1 amide bonds. The van der Waals surface area contributed by atoms with Gasteiger partial charge in [-0.1, -0.05) is 6.07 Å². The van der Waals surface area contributed by atoms with E-state index in [4.69, 9.17) is 9.84 Å². The smallest absolute Gasteiger partial charge is 0.248 e. The van der Waals surface area contributed by atoms with Gasteiger partial charge in [0, 0.05) is 25.4 Å². The summed E-state index contributed by atoms with van der Waals surface area (Å²) in [5.74, 6) is -0.0522. The Morgan fingerprint density at radius 1 is 1.48 bits per heavy atom. The van der Waals surface area contributed by atoms with Crippen LogP contribution in [0.25, 0.3) is 0 Å². The number of nitrogens with zero attached hydrogens (tertiary/aromatic N) is 1. The topological polar surface area (TPSA) is 49.8 Å². The molecule has 0 bridgehead atoms. The van der Waals surface area contributed by atoms with Gasteiger partial charge in [0.05, 0.1) is 13.2 Å². The van der Waals surface area contributed by atoms with Gasteiger partial charge in [0.1, 0.15) is 12.4 Å². The molecule has 4 nitrogen and oxygen atoms in total. The van der Waals surface area contributed by atoms with Gasteiger partial charge in [-0.25, -0.2) is 4.39 Å². The zero-order valence-corrected chi connectivity index (χ0v) is 12.5. The molecular weight excluding hydrogens is 273 g/mol. The van der Waals surface area contributed by atoms with Gasteiger partial charge in [-0.3, -0.25) is 4.79 Å². The average molecular weight is 295 g/mol. The normalized spacial score (nSPS) is 22.1. The second-order valence-corrected chi connectivity index (χ2v) is 5.77. The molecule has 2 rings (SSSR count). The lowest BCUT2D eigenvalue weighted by molar-refractivity contribution is -0.134. The van der Waals surface area contributed by atoms with E-state index in [1.54, 1.807) is 13.1 Å². The molecule has 0 radical (unpaired) electrons. The minimum Gasteiger partial charge on any atom is -0.387 e. The third-order valence-electron chi connectivity index (χ3n) is 4.06. The van der Waals surface area contributed by atoms with E-state index >= 15 is 0 Å². The number of hydrogen-bond donors (Lipinski definition) is 1. The molecule has 1 saturated heterocycles. The highest BCUT2D eigenvalue weighted by atomic mass is 19.1. The van der Waals surface area contributed by atoms with Crippen molar-refractivity contribution in [1.29, 1.82) is 0 Å². The summed E-state index contributed by atoms with van der Waals surface area (Å²) in [7, 11) is 1.69. The fraction of sp³-hybridized carbons (Fsp3) is 0.562. The van der Waals surface area contributed by atoms with E-state index in [0.717, 1.165) is 17.5 Å². The van der Waals surface area contributed by atoms with Crippen LogP contribution in [0.1, 0.15) is 23.5 Å². The quantitative estimate of drug-likeness (QED) is 0.920. The maximum atomic E-state index is 13.2. The number of aryl methyl sites for hydroxylation is 1. The Kier molecular flexibility index (Phi) is 5.31. The van der Waals surface area contributed by atoms with Crippen LogP contribution in [0, 0.1) is 18.7 Å². The first kappa shape index (κ1) is 15.9. The van der Waals surface area contributed by atoms with Crippen molar-refractivity contribution in [1.82, 2.24) is 4.90 Å². The second kappa shape index (κ2) is 7.00. The summed E-state index contributed by atoms with van der Waals surface area (Å²) < 4.78 is 18.8.